The molecule has 10 heavy (non-hydrogen) atoms. The molecule has 0 bridgehead atoms. The number of nitrogens with one attached hydrogen (secondary N) is 1. The first-order valence-corrected chi connectivity index (χ1v) is 4.41. The van der Waals surface area contributed by atoms with Gasteiger partial charge in [-0.25, -0.2) is 13.4 Å². The molecule has 0 aliphatic carbocycles. The number of aromatic nitrogens is 1. The number of hydrogen-bond donors (Lipinski definition) is 0. The summed E-state index contributed by atoms with van der Waals surface area (Å²) in [6.45, 7) is 0. The summed E-state index contributed by atoms with van der Waals surface area (Å²) in [5.74, 6) is 0. The Kier molecular flexibility index (Phi) is 4.00. The van der Waals surface area contributed by atoms with Gasteiger partial charge in [0, 0.05) is 5.38 Å². The van der Waals surface area contributed by atoms with E-state index in [2.05, 4.69) is 4.98 Å². The van der Waals surface area contributed by atoms with E-state index in [-0.39, 0.29) is 34.6 Å². The van der Waals surface area contributed by atoms with Crippen LogP contribution in [-0.4, -0.2) is 13.4 Å². The molecule has 0 amide bonds. The Morgan fingerprint density at radius 1 is 1.60 bits per heavy atom. The number of nitrogens with zero attached hydrogens (tertiary/aromatic N) is 1. The molecule has 1 aromatic heterocycles. The number of hydrogen-bond acceptors (Lipinski definition) is 4. The van der Waals surface area contributed by atoms with Gasteiger partial charge >= 0.3 is 29.6 Å². The van der Waals surface area contributed by atoms with E-state index in [0.717, 1.165) is 11.3 Å². The summed E-state index contributed by atoms with van der Waals surface area (Å²) in [7, 11) is -3.81. The van der Waals surface area contributed by atoms with E-state index >= 15 is 0 Å². The molecule has 7 heteroatoms. The first kappa shape index (κ1) is 10.5. The van der Waals surface area contributed by atoms with Crippen LogP contribution in [0.25, 0.3) is 5.14 Å². The van der Waals surface area contributed by atoms with Crippen molar-refractivity contribution in [3.05, 3.63) is 16.0 Å². The van der Waals surface area contributed by atoms with Crippen molar-refractivity contribution in [3.63, 3.8) is 0 Å². The molecule has 0 unspecified atom stereocenters. The largest absolute Gasteiger partial charge is 1.00 e. The van der Waals surface area contributed by atoms with Crippen LogP contribution in [0.1, 0.15) is 0 Å². The van der Waals surface area contributed by atoms with Crippen LogP contribution in [0, 0.1) is 0 Å². The molecule has 0 saturated carbocycles. The topological polar surface area (TPSA) is 70.8 Å². The fourth-order valence-corrected chi connectivity index (χ4v) is 1.68. The van der Waals surface area contributed by atoms with E-state index in [4.69, 9.17) is 5.14 Å². The number of thiazole rings is 1. The van der Waals surface area contributed by atoms with Crippen molar-refractivity contribution in [3.8, 4) is 0 Å². The smallest absolute Gasteiger partial charge is 0.558 e. The van der Waals surface area contributed by atoms with Gasteiger partial charge < -0.3 is 5.14 Å². The molecule has 0 spiro atoms. The molecule has 50 valence electrons. The van der Waals surface area contributed by atoms with E-state index in [1.807, 2.05) is 0 Å². The zero-order valence-corrected chi connectivity index (χ0v) is 8.87. The SMILES string of the molecule is [NH-]S(=O)(=O)c1cscn1.[Na+]. The molecule has 0 saturated heterocycles. The predicted molar refractivity (Wildman–Crippen MR) is 33.6 cm³/mol. The van der Waals surface area contributed by atoms with E-state index in [9.17, 15) is 8.42 Å². The molecular weight excluding hydrogens is 183 g/mol. The maximum absolute atomic E-state index is 10.3. The van der Waals surface area contributed by atoms with Gasteiger partial charge in [-0.15, -0.1) is 11.3 Å². The summed E-state index contributed by atoms with van der Waals surface area (Å²) in [6, 6.07) is 0. The Labute approximate surface area is 84.8 Å². The Morgan fingerprint density at radius 3 is 2.40 bits per heavy atom. The van der Waals surface area contributed by atoms with Gasteiger partial charge in [0.15, 0.2) is 0 Å². The van der Waals surface area contributed by atoms with Crippen molar-refractivity contribution in [2.45, 2.75) is 5.03 Å². The van der Waals surface area contributed by atoms with Crippen LogP contribution in [0.4, 0.5) is 0 Å². The third-order valence-corrected chi connectivity index (χ3v) is 2.19. The minimum Gasteiger partial charge on any atom is -0.558 e. The van der Waals surface area contributed by atoms with Crippen molar-refractivity contribution >= 4 is 21.4 Å². The minimum atomic E-state index is -3.81. The van der Waals surface area contributed by atoms with Crippen molar-refractivity contribution in [1.82, 2.24) is 4.98 Å². The third-order valence-electron chi connectivity index (χ3n) is 0.685. The van der Waals surface area contributed by atoms with Crippen molar-refractivity contribution < 1.29 is 38.0 Å². The molecule has 1 N–H and O–H groups in total. The normalized spacial score (nSPS) is 10.5. The van der Waals surface area contributed by atoms with Crippen molar-refractivity contribution in [2.75, 3.05) is 0 Å². The Balaban J connectivity index is 0.000000810. The number of sulfonamides is 1. The second-order valence-electron chi connectivity index (χ2n) is 1.33. The Bertz CT molecular complexity index is 279. The van der Waals surface area contributed by atoms with Crippen LogP contribution in [0.15, 0.2) is 15.9 Å². The van der Waals surface area contributed by atoms with Crippen molar-refractivity contribution in [2.24, 2.45) is 0 Å². The summed E-state index contributed by atoms with van der Waals surface area (Å²) < 4.78 is 20.6. The van der Waals surface area contributed by atoms with Crippen LogP contribution >= 0.6 is 11.3 Å². The number of rotatable bonds is 1. The van der Waals surface area contributed by atoms with Crippen LogP contribution in [0.3, 0.4) is 0 Å². The summed E-state index contributed by atoms with van der Waals surface area (Å²) in [4.78, 5) is 3.43. The molecule has 0 atom stereocenters. The maximum Gasteiger partial charge on any atom is 1.00 e. The van der Waals surface area contributed by atoms with Crippen LogP contribution in [0.2, 0.25) is 0 Å². The predicted octanol–water partition coefficient (Wildman–Crippen LogP) is -2.11. The van der Waals surface area contributed by atoms with E-state index in [1.54, 1.807) is 0 Å². The van der Waals surface area contributed by atoms with Gasteiger partial charge in [0.25, 0.3) is 0 Å². The monoisotopic (exact) mass is 186 g/mol. The second kappa shape index (κ2) is 3.80. The zero-order valence-electron chi connectivity index (χ0n) is 5.23. The van der Waals surface area contributed by atoms with Crippen LogP contribution < -0.4 is 29.6 Å². The molecule has 1 aromatic rings. The van der Waals surface area contributed by atoms with Gasteiger partial charge in [-0.1, -0.05) is 0 Å². The van der Waals surface area contributed by atoms with Gasteiger partial charge in [-0.05, 0) is 0 Å². The van der Waals surface area contributed by atoms with Gasteiger partial charge in [-0.2, -0.15) is 0 Å². The van der Waals surface area contributed by atoms with Gasteiger partial charge in [-0.3, -0.25) is 0 Å². The summed E-state index contributed by atoms with van der Waals surface area (Å²) in [5.41, 5.74) is 1.38. The van der Waals surface area contributed by atoms with E-state index in [1.165, 1.54) is 10.9 Å². The third kappa shape index (κ3) is 2.65. The maximum atomic E-state index is 10.3. The van der Waals surface area contributed by atoms with Gasteiger partial charge in [0.1, 0.15) is 15.0 Å². The van der Waals surface area contributed by atoms with E-state index in [0.29, 0.717) is 0 Å². The Morgan fingerprint density at radius 2 is 2.20 bits per heavy atom. The quantitative estimate of drug-likeness (QED) is 0.471. The molecule has 0 aromatic carbocycles. The molecule has 0 aliphatic rings. The van der Waals surface area contributed by atoms with Crippen LogP contribution in [0.5, 0.6) is 0 Å². The summed E-state index contributed by atoms with van der Waals surface area (Å²) in [6.07, 6.45) is 0. The average molecular weight is 186 g/mol. The molecule has 0 aliphatic heterocycles. The van der Waals surface area contributed by atoms with Crippen molar-refractivity contribution in [1.29, 1.82) is 0 Å². The van der Waals surface area contributed by atoms with Gasteiger partial charge in [0.05, 0.1) is 5.51 Å². The molecule has 0 fully saturated rings. The van der Waals surface area contributed by atoms with E-state index < -0.39 is 10.0 Å². The molecule has 1 rings (SSSR count). The standard InChI is InChI=1S/C3H3N2O2S2.Na/c4-9(6,7)3-1-8-2-5-3;/h1-2H,(H-,4,6,7);/q-1;+1. The first-order valence-electron chi connectivity index (χ1n) is 1.98. The zero-order chi connectivity index (χ0) is 6.91. The molecule has 1 heterocycles. The fourth-order valence-electron chi connectivity index (χ4n) is 0.334. The molecule has 4 nitrogen and oxygen atoms in total. The van der Waals surface area contributed by atoms with Crippen LogP contribution in [-0.2, 0) is 10.0 Å². The molecular formula is C3H3N2NaO2S2. The Hall–Kier alpha value is 0.540. The first-order chi connectivity index (χ1) is 4.11. The fraction of sp³-hybridized carbons (Fsp3) is 0. The minimum absolute atomic E-state index is 0. The van der Waals surface area contributed by atoms with Gasteiger partial charge in [0.2, 0.25) is 0 Å². The summed E-state index contributed by atoms with van der Waals surface area (Å²) >= 11 is 1.16. The molecule has 0 radical (unpaired) electrons. The second-order valence-corrected chi connectivity index (χ2v) is 3.47. The summed E-state index contributed by atoms with van der Waals surface area (Å²) in [5, 5.41) is 7.65. The average Bonchev–Trinajstić information content (AvgIpc) is 2.08.